The molecule has 0 bridgehead atoms. The van der Waals surface area contributed by atoms with Gasteiger partial charge in [0.05, 0.1) is 0 Å². The molecule has 0 aliphatic carbocycles. The number of carbonyl (C=O) groups excluding carboxylic acids is 1. The molecule has 0 aromatic carbocycles. The molecule has 58 valence electrons. The fraction of sp³-hybridized carbons (Fsp3) is 0.600. The van der Waals surface area contributed by atoms with Gasteiger partial charge < -0.3 is 5.11 Å². The largest absolute Gasteiger partial charge is 0.476 e. The summed E-state index contributed by atoms with van der Waals surface area (Å²) in [6, 6.07) is 0. The molecular formula is C5H6F2O3. The molecule has 0 saturated carbocycles. The summed E-state index contributed by atoms with van der Waals surface area (Å²) in [7, 11) is 0. The van der Waals surface area contributed by atoms with E-state index in [-0.39, 0.29) is 0 Å². The summed E-state index contributed by atoms with van der Waals surface area (Å²) in [5, 5.41) is 7.90. The Morgan fingerprint density at radius 1 is 1.40 bits per heavy atom. The van der Waals surface area contributed by atoms with Crippen LogP contribution in [0.2, 0.25) is 0 Å². The van der Waals surface area contributed by atoms with Gasteiger partial charge in [-0.2, -0.15) is 0 Å². The smallest absolute Gasteiger partial charge is 0.372 e. The highest BCUT2D eigenvalue weighted by molar-refractivity contribution is 6.32. The third kappa shape index (κ3) is 3.94. The molecule has 0 spiro atoms. The zero-order valence-corrected chi connectivity index (χ0v) is 5.01. The predicted molar refractivity (Wildman–Crippen MR) is 27.9 cm³/mol. The minimum atomic E-state index is -2.61. The molecule has 0 rings (SSSR count). The van der Waals surface area contributed by atoms with E-state index in [2.05, 4.69) is 0 Å². The number of aliphatic carboxylic acids is 1. The fourth-order valence-corrected chi connectivity index (χ4v) is 0.347. The molecule has 0 heterocycles. The van der Waals surface area contributed by atoms with E-state index in [1.165, 1.54) is 0 Å². The van der Waals surface area contributed by atoms with Crippen LogP contribution in [0, 0.1) is 0 Å². The van der Waals surface area contributed by atoms with Gasteiger partial charge in [-0.15, -0.1) is 0 Å². The van der Waals surface area contributed by atoms with Crippen LogP contribution in [-0.2, 0) is 9.59 Å². The van der Waals surface area contributed by atoms with E-state index in [0.29, 0.717) is 0 Å². The van der Waals surface area contributed by atoms with Crippen LogP contribution >= 0.6 is 0 Å². The van der Waals surface area contributed by atoms with E-state index in [1.54, 1.807) is 0 Å². The summed E-state index contributed by atoms with van der Waals surface area (Å²) in [6.07, 6.45) is -3.87. The first-order valence-electron chi connectivity index (χ1n) is 2.58. The zero-order chi connectivity index (χ0) is 8.15. The number of Topliss-reactive ketones (excluding diaryl/α,β-unsaturated/α-hetero) is 1. The van der Waals surface area contributed by atoms with Gasteiger partial charge in [0.25, 0.3) is 0 Å². The van der Waals surface area contributed by atoms with Gasteiger partial charge in [0, 0.05) is 12.8 Å². The second kappa shape index (κ2) is 3.92. The number of ketones is 1. The van der Waals surface area contributed by atoms with Crippen molar-refractivity contribution in [3.63, 3.8) is 0 Å². The van der Waals surface area contributed by atoms with Crippen molar-refractivity contribution in [1.29, 1.82) is 0 Å². The number of carboxylic acid groups (broad SMARTS) is 1. The standard InChI is InChI=1S/C5H6F2O3/c6-4(7)2-1-3(8)5(9)10/h4H,1-2H2,(H,9,10). The molecule has 0 fully saturated rings. The van der Waals surface area contributed by atoms with Crippen molar-refractivity contribution >= 4 is 11.8 Å². The third-order valence-electron chi connectivity index (χ3n) is 0.828. The first-order valence-corrected chi connectivity index (χ1v) is 2.58. The molecule has 0 amide bonds. The van der Waals surface area contributed by atoms with Gasteiger partial charge in [0.2, 0.25) is 12.2 Å². The average Bonchev–Trinajstić information content (AvgIpc) is 1.82. The Hall–Kier alpha value is -1.00. The highest BCUT2D eigenvalue weighted by atomic mass is 19.3. The first-order chi connectivity index (χ1) is 4.54. The molecule has 0 aliphatic heterocycles. The number of hydrogen-bond donors (Lipinski definition) is 1. The van der Waals surface area contributed by atoms with Crippen LogP contribution in [0.15, 0.2) is 0 Å². The second-order valence-corrected chi connectivity index (χ2v) is 1.66. The van der Waals surface area contributed by atoms with E-state index in [9.17, 15) is 18.4 Å². The van der Waals surface area contributed by atoms with Crippen molar-refractivity contribution in [2.24, 2.45) is 0 Å². The number of rotatable bonds is 4. The SMILES string of the molecule is O=C(O)C(=O)CCC(F)F. The van der Waals surface area contributed by atoms with Gasteiger partial charge in [0.1, 0.15) is 0 Å². The summed E-state index contributed by atoms with van der Waals surface area (Å²) in [6.45, 7) is 0. The number of halogens is 2. The van der Waals surface area contributed by atoms with Crippen molar-refractivity contribution < 1.29 is 23.5 Å². The van der Waals surface area contributed by atoms with Gasteiger partial charge in [-0.1, -0.05) is 0 Å². The minimum absolute atomic E-state index is 0.590. The van der Waals surface area contributed by atoms with Crippen LogP contribution in [0.25, 0.3) is 0 Å². The maximum Gasteiger partial charge on any atom is 0.372 e. The molecule has 3 nitrogen and oxygen atoms in total. The lowest BCUT2D eigenvalue weighted by molar-refractivity contribution is -0.149. The molecule has 0 unspecified atom stereocenters. The van der Waals surface area contributed by atoms with Crippen LogP contribution in [-0.4, -0.2) is 23.3 Å². The summed E-state index contributed by atoms with van der Waals surface area (Å²) in [5.74, 6) is -2.82. The summed E-state index contributed by atoms with van der Waals surface area (Å²) in [4.78, 5) is 19.8. The molecular weight excluding hydrogens is 146 g/mol. The lowest BCUT2D eigenvalue weighted by Crippen LogP contribution is -2.13. The summed E-state index contributed by atoms with van der Waals surface area (Å²) >= 11 is 0. The zero-order valence-electron chi connectivity index (χ0n) is 5.01. The number of hydrogen-bond acceptors (Lipinski definition) is 2. The average molecular weight is 152 g/mol. The van der Waals surface area contributed by atoms with Crippen LogP contribution in [0.4, 0.5) is 8.78 Å². The summed E-state index contributed by atoms with van der Waals surface area (Å²) < 4.78 is 22.6. The van der Waals surface area contributed by atoms with Crippen LogP contribution in [0.1, 0.15) is 12.8 Å². The molecule has 0 saturated heterocycles. The molecule has 0 aromatic rings. The Kier molecular flexibility index (Phi) is 3.53. The van der Waals surface area contributed by atoms with Crippen molar-refractivity contribution in [3.8, 4) is 0 Å². The highest BCUT2D eigenvalue weighted by Gasteiger charge is 2.13. The van der Waals surface area contributed by atoms with Gasteiger partial charge in [-0.3, -0.25) is 4.79 Å². The summed E-state index contributed by atoms with van der Waals surface area (Å²) in [5.41, 5.74) is 0. The molecule has 0 aliphatic rings. The van der Waals surface area contributed by atoms with Crippen LogP contribution in [0.3, 0.4) is 0 Å². The highest BCUT2D eigenvalue weighted by Crippen LogP contribution is 2.02. The molecule has 0 aromatic heterocycles. The van der Waals surface area contributed by atoms with Crippen molar-refractivity contribution in [2.75, 3.05) is 0 Å². The van der Waals surface area contributed by atoms with Gasteiger partial charge in [-0.05, 0) is 0 Å². The van der Waals surface area contributed by atoms with Crippen molar-refractivity contribution in [2.45, 2.75) is 19.3 Å². The number of carboxylic acids is 1. The Balaban J connectivity index is 3.50. The Labute approximate surface area is 55.6 Å². The van der Waals surface area contributed by atoms with E-state index in [1.807, 2.05) is 0 Å². The fourth-order valence-electron chi connectivity index (χ4n) is 0.347. The Morgan fingerprint density at radius 3 is 2.20 bits per heavy atom. The maximum absolute atomic E-state index is 11.3. The maximum atomic E-state index is 11.3. The first kappa shape index (κ1) is 9.00. The quantitative estimate of drug-likeness (QED) is 0.603. The van der Waals surface area contributed by atoms with Gasteiger partial charge in [0.15, 0.2) is 0 Å². The van der Waals surface area contributed by atoms with Crippen LogP contribution < -0.4 is 0 Å². The topological polar surface area (TPSA) is 54.4 Å². The van der Waals surface area contributed by atoms with Crippen molar-refractivity contribution in [3.05, 3.63) is 0 Å². The Bertz CT molecular complexity index is 144. The lowest BCUT2D eigenvalue weighted by Gasteiger charge is -1.93. The second-order valence-electron chi connectivity index (χ2n) is 1.66. The van der Waals surface area contributed by atoms with E-state index < -0.39 is 31.0 Å². The molecule has 0 radical (unpaired) electrons. The van der Waals surface area contributed by atoms with E-state index in [0.717, 1.165) is 0 Å². The van der Waals surface area contributed by atoms with Gasteiger partial charge >= 0.3 is 5.97 Å². The normalized spacial score (nSPS) is 9.90. The van der Waals surface area contributed by atoms with Crippen molar-refractivity contribution in [1.82, 2.24) is 0 Å². The third-order valence-corrected chi connectivity index (χ3v) is 0.828. The molecule has 5 heteroatoms. The predicted octanol–water partition coefficient (Wildman–Crippen LogP) is 0.685. The molecule has 10 heavy (non-hydrogen) atoms. The molecule has 0 atom stereocenters. The number of alkyl halides is 2. The van der Waals surface area contributed by atoms with E-state index >= 15 is 0 Å². The molecule has 1 N–H and O–H groups in total. The van der Waals surface area contributed by atoms with Crippen LogP contribution in [0.5, 0.6) is 0 Å². The number of carbonyl (C=O) groups is 2. The van der Waals surface area contributed by atoms with E-state index in [4.69, 9.17) is 5.11 Å². The monoisotopic (exact) mass is 152 g/mol. The minimum Gasteiger partial charge on any atom is -0.476 e. The lowest BCUT2D eigenvalue weighted by atomic mass is 10.2. The Morgan fingerprint density at radius 2 is 1.90 bits per heavy atom. The van der Waals surface area contributed by atoms with Gasteiger partial charge in [-0.25, -0.2) is 13.6 Å².